The second kappa shape index (κ2) is 7.09. The molecule has 0 aliphatic heterocycles. The number of nitrogens with zero attached hydrogens (tertiary/aromatic N) is 7. The summed E-state index contributed by atoms with van der Waals surface area (Å²) in [5.74, 6) is -1.43. The zero-order chi connectivity index (χ0) is 22.7. The van der Waals surface area contributed by atoms with Crippen LogP contribution in [0, 0.1) is 0 Å². The molecular formula is C17H7F6N7S2. The van der Waals surface area contributed by atoms with E-state index in [0.29, 0.717) is 26.3 Å². The molecule has 15 heteroatoms. The molecule has 4 aromatic heterocycles. The van der Waals surface area contributed by atoms with Crippen molar-refractivity contribution >= 4 is 27.6 Å². The van der Waals surface area contributed by atoms with Crippen LogP contribution in [-0.2, 0) is 12.4 Å². The van der Waals surface area contributed by atoms with Crippen LogP contribution < -0.4 is 0 Å². The lowest BCUT2D eigenvalue weighted by Crippen LogP contribution is -2.14. The van der Waals surface area contributed by atoms with Crippen molar-refractivity contribution in [3.8, 4) is 27.0 Å². The first-order chi connectivity index (χ1) is 15.1. The van der Waals surface area contributed by atoms with Gasteiger partial charge in [-0.15, -0.1) is 26.2 Å². The second-order valence-corrected chi connectivity index (χ2v) is 8.10. The van der Waals surface area contributed by atoms with Crippen molar-refractivity contribution in [2.45, 2.75) is 12.4 Å². The lowest BCUT2D eigenvalue weighted by molar-refractivity contribution is -0.145. The van der Waals surface area contributed by atoms with Gasteiger partial charge < -0.3 is 0 Å². The molecule has 0 saturated carbocycles. The van der Waals surface area contributed by atoms with Crippen LogP contribution in [0.5, 0.6) is 0 Å². The average molecular weight is 487 g/mol. The zero-order valence-corrected chi connectivity index (χ0v) is 16.9. The number of aromatic nitrogens is 7. The van der Waals surface area contributed by atoms with E-state index < -0.39 is 29.4 Å². The van der Waals surface area contributed by atoms with Gasteiger partial charge in [0.05, 0.1) is 17.5 Å². The zero-order valence-electron chi connectivity index (χ0n) is 15.3. The van der Waals surface area contributed by atoms with E-state index in [2.05, 4.69) is 25.3 Å². The van der Waals surface area contributed by atoms with Gasteiger partial charge in [-0.05, 0) is 0 Å². The van der Waals surface area contributed by atoms with Gasteiger partial charge in [0, 0.05) is 10.9 Å². The number of fused-ring (bicyclic) bond motifs is 1. The Bertz CT molecular complexity index is 1380. The van der Waals surface area contributed by atoms with E-state index >= 15 is 0 Å². The minimum Gasteiger partial charge on any atom is -0.218 e. The molecule has 164 valence electrons. The molecule has 1 aromatic carbocycles. The molecule has 0 fully saturated rings. The van der Waals surface area contributed by atoms with Crippen molar-refractivity contribution < 1.29 is 26.3 Å². The number of thiazole rings is 1. The van der Waals surface area contributed by atoms with Crippen molar-refractivity contribution in [3.63, 3.8) is 0 Å². The van der Waals surface area contributed by atoms with Crippen molar-refractivity contribution in [1.82, 2.24) is 34.6 Å². The van der Waals surface area contributed by atoms with Crippen LogP contribution in [0.4, 0.5) is 26.3 Å². The number of hydrogen-bond donors (Lipinski definition) is 0. The SMILES string of the molecule is FC(F)(F)c1nc2sc(-c3cnn(-c4nc(-c5ccccc5)cs4)c3C(F)(F)F)nn2n1. The maximum absolute atomic E-state index is 14.0. The smallest absolute Gasteiger partial charge is 0.218 e. The standard InChI is InChI=1S/C17H7F6N7S2/c18-16(19,20)11-9(12-27-30-15(32-12)26-13(28-30)17(21,22)23)6-24-29(11)14-25-10(7-31-14)8-4-2-1-3-5-8/h1-7H. The molecule has 5 aromatic rings. The molecule has 4 heterocycles. The quantitative estimate of drug-likeness (QED) is 0.327. The van der Waals surface area contributed by atoms with Crippen LogP contribution in [0.3, 0.4) is 0 Å². The summed E-state index contributed by atoms with van der Waals surface area (Å²) in [4.78, 5) is 7.24. The van der Waals surface area contributed by atoms with Gasteiger partial charge in [-0.2, -0.15) is 36.4 Å². The highest BCUT2D eigenvalue weighted by atomic mass is 32.1. The predicted molar refractivity (Wildman–Crippen MR) is 102 cm³/mol. The van der Waals surface area contributed by atoms with E-state index in [9.17, 15) is 26.3 Å². The molecule has 0 bridgehead atoms. The number of halogens is 6. The number of rotatable bonds is 3. The van der Waals surface area contributed by atoms with Gasteiger partial charge >= 0.3 is 12.4 Å². The summed E-state index contributed by atoms with van der Waals surface area (Å²) in [5, 5.41) is 12.1. The van der Waals surface area contributed by atoms with E-state index in [0.717, 1.165) is 23.1 Å². The topological polar surface area (TPSA) is 73.8 Å². The number of hydrogen-bond acceptors (Lipinski definition) is 7. The third kappa shape index (κ3) is 3.52. The van der Waals surface area contributed by atoms with Gasteiger partial charge in [0.25, 0.3) is 5.82 Å². The van der Waals surface area contributed by atoms with Crippen LogP contribution in [0.2, 0.25) is 0 Å². The van der Waals surface area contributed by atoms with E-state index in [1.807, 2.05) is 0 Å². The first-order valence-electron chi connectivity index (χ1n) is 8.59. The third-order valence-electron chi connectivity index (χ3n) is 4.20. The third-order valence-corrected chi connectivity index (χ3v) is 5.95. The number of benzene rings is 1. The fourth-order valence-corrected chi connectivity index (χ4v) is 4.51. The van der Waals surface area contributed by atoms with E-state index in [-0.39, 0.29) is 15.1 Å². The summed E-state index contributed by atoms with van der Waals surface area (Å²) >= 11 is 1.50. The van der Waals surface area contributed by atoms with Gasteiger partial charge in [0.1, 0.15) is 0 Å². The van der Waals surface area contributed by atoms with Gasteiger partial charge in [-0.1, -0.05) is 41.7 Å². The van der Waals surface area contributed by atoms with Gasteiger partial charge in [-0.25, -0.2) is 9.67 Å². The maximum Gasteiger partial charge on any atom is 0.453 e. The van der Waals surface area contributed by atoms with E-state index in [1.165, 1.54) is 0 Å². The summed E-state index contributed by atoms with van der Waals surface area (Å²) in [5.41, 5.74) is -0.365. The van der Waals surface area contributed by atoms with Crippen LogP contribution in [0.15, 0.2) is 41.9 Å². The molecule has 0 spiro atoms. The van der Waals surface area contributed by atoms with Crippen molar-refractivity contribution in [3.05, 3.63) is 53.4 Å². The largest absolute Gasteiger partial charge is 0.453 e. The summed E-state index contributed by atoms with van der Waals surface area (Å²) in [6.45, 7) is 0. The minimum absolute atomic E-state index is 0.0266. The lowest BCUT2D eigenvalue weighted by Gasteiger charge is -2.09. The molecule has 0 amide bonds. The van der Waals surface area contributed by atoms with Crippen LogP contribution in [0.25, 0.3) is 31.9 Å². The van der Waals surface area contributed by atoms with E-state index in [4.69, 9.17) is 0 Å². The Morgan fingerprint density at radius 2 is 1.62 bits per heavy atom. The fraction of sp³-hybridized carbons (Fsp3) is 0.118. The van der Waals surface area contributed by atoms with Crippen LogP contribution >= 0.6 is 22.7 Å². The first-order valence-corrected chi connectivity index (χ1v) is 10.3. The predicted octanol–water partition coefficient (Wildman–Crippen LogP) is 5.20. The average Bonchev–Trinajstić information content (AvgIpc) is 3.47. The molecule has 0 atom stereocenters. The Labute approximate surface area is 181 Å². The molecular weight excluding hydrogens is 480 g/mol. The molecule has 0 saturated heterocycles. The molecule has 0 aliphatic carbocycles. The summed E-state index contributed by atoms with van der Waals surface area (Å²) in [6.07, 6.45) is -8.70. The molecule has 0 radical (unpaired) electrons. The molecule has 0 unspecified atom stereocenters. The van der Waals surface area contributed by atoms with Crippen molar-refractivity contribution in [2.75, 3.05) is 0 Å². The minimum atomic E-state index is -4.84. The Hall–Kier alpha value is -3.33. The second-order valence-electron chi connectivity index (χ2n) is 6.31. The highest BCUT2D eigenvalue weighted by Crippen LogP contribution is 2.40. The molecule has 7 nitrogen and oxygen atoms in total. The van der Waals surface area contributed by atoms with Gasteiger partial charge in [0.15, 0.2) is 10.7 Å². The highest BCUT2D eigenvalue weighted by Gasteiger charge is 2.41. The van der Waals surface area contributed by atoms with Gasteiger partial charge in [0.2, 0.25) is 10.1 Å². The summed E-state index contributed by atoms with van der Waals surface area (Å²) in [7, 11) is 0. The Morgan fingerprint density at radius 3 is 2.28 bits per heavy atom. The Balaban J connectivity index is 1.59. The highest BCUT2D eigenvalue weighted by molar-refractivity contribution is 7.19. The molecule has 5 rings (SSSR count). The molecule has 0 N–H and O–H groups in total. The van der Waals surface area contributed by atoms with Crippen molar-refractivity contribution in [2.24, 2.45) is 0 Å². The first kappa shape index (κ1) is 20.6. The van der Waals surface area contributed by atoms with Crippen LogP contribution in [-0.4, -0.2) is 34.6 Å². The maximum atomic E-state index is 14.0. The Kier molecular flexibility index (Phi) is 4.56. The fourth-order valence-electron chi connectivity index (χ4n) is 2.87. The van der Waals surface area contributed by atoms with Crippen LogP contribution in [0.1, 0.15) is 11.5 Å². The monoisotopic (exact) mass is 487 g/mol. The Morgan fingerprint density at radius 1 is 0.875 bits per heavy atom. The summed E-state index contributed by atoms with van der Waals surface area (Å²) in [6, 6.07) is 8.89. The number of alkyl halides is 6. The van der Waals surface area contributed by atoms with E-state index in [1.54, 1.807) is 35.7 Å². The van der Waals surface area contributed by atoms with Gasteiger partial charge in [-0.3, -0.25) is 0 Å². The lowest BCUT2D eigenvalue weighted by atomic mass is 10.2. The normalized spacial score (nSPS) is 12.7. The molecule has 0 aliphatic rings. The van der Waals surface area contributed by atoms with Crippen molar-refractivity contribution in [1.29, 1.82) is 0 Å². The molecule has 32 heavy (non-hydrogen) atoms. The summed E-state index contributed by atoms with van der Waals surface area (Å²) < 4.78 is 81.3.